The van der Waals surface area contributed by atoms with Crippen molar-refractivity contribution in [3.63, 3.8) is 0 Å². The molecule has 2 aromatic rings. The van der Waals surface area contributed by atoms with Crippen molar-refractivity contribution in [3.8, 4) is 0 Å². The van der Waals surface area contributed by atoms with E-state index in [1.165, 1.54) is 19.2 Å². The highest BCUT2D eigenvalue weighted by atomic mass is 35.5. The number of carbonyl (C=O) groups excluding carboxylic acids is 2. The van der Waals surface area contributed by atoms with Crippen molar-refractivity contribution in [1.82, 2.24) is 5.32 Å². The largest absolute Gasteiger partial charge is 0.452 e. The minimum Gasteiger partial charge on any atom is -0.452 e. The van der Waals surface area contributed by atoms with Crippen LogP contribution in [0.25, 0.3) is 0 Å². The number of hydrogen-bond acceptors (Lipinski definition) is 5. The molecular weight excluding hydrogens is 428 g/mol. The molecule has 2 aromatic carbocycles. The number of halogens is 1. The Morgan fingerprint density at radius 3 is 2.47 bits per heavy atom. The molecule has 0 spiro atoms. The number of rotatable bonds is 9. The summed E-state index contributed by atoms with van der Waals surface area (Å²) in [6.45, 7) is 3.38. The molecule has 7 nitrogen and oxygen atoms in total. The van der Waals surface area contributed by atoms with Crippen LogP contribution in [0.4, 0.5) is 5.69 Å². The fourth-order valence-corrected chi connectivity index (χ4v) is 4.20. The molecule has 0 heterocycles. The monoisotopic (exact) mass is 452 g/mol. The Balaban J connectivity index is 2.16. The van der Waals surface area contributed by atoms with Gasteiger partial charge in [0.2, 0.25) is 0 Å². The Morgan fingerprint density at radius 1 is 1.17 bits per heavy atom. The van der Waals surface area contributed by atoms with Gasteiger partial charge in [-0.1, -0.05) is 43.1 Å². The van der Waals surface area contributed by atoms with Gasteiger partial charge >= 0.3 is 5.97 Å². The lowest BCUT2D eigenvalue weighted by Crippen LogP contribution is -2.35. The molecule has 1 atom stereocenters. The number of para-hydroxylation sites is 1. The van der Waals surface area contributed by atoms with Gasteiger partial charge in [-0.05, 0) is 43.7 Å². The van der Waals surface area contributed by atoms with E-state index in [-0.39, 0.29) is 21.5 Å². The number of esters is 1. The summed E-state index contributed by atoms with van der Waals surface area (Å²) in [5, 5.41) is 2.75. The predicted octanol–water partition coefficient (Wildman–Crippen LogP) is 3.63. The molecule has 0 aliphatic rings. The first-order chi connectivity index (χ1) is 14.2. The number of ether oxygens (including phenoxy) is 1. The van der Waals surface area contributed by atoms with E-state index in [0.717, 1.165) is 23.2 Å². The second-order valence-electron chi connectivity index (χ2n) is 6.78. The third-order valence-electron chi connectivity index (χ3n) is 4.40. The van der Waals surface area contributed by atoms with Crippen LogP contribution in [0.2, 0.25) is 5.02 Å². The molecule has 0 saturated heterocycles. The number of nitrogens with zero attached hydrogens (tertiary/aromatic N) is 1. The quantitative estimate of drug-likeness (QED) is 0.586. The molecule has 0 aromatic heterocycles. The van der Waals surface area contributed by atoms with Crippen LogP contribution in [0.15, 0.2) is 53.4 Å². The highest BCUT2D eigenvalue weighted by Gasteiger charge is 2.24. The van der Waals surface area contributed by atoms with Gasteiger partial charge in [0.25, 0.3) is 15.9 Å². The summed E-state index contributed by atoms with van der Waals surface area (Å²) in [7, 11) is -2.51. The molecule has 1 N–H and O–H groups in total. The Hall–Kier alpha value is -2.58. The molecule has 0 saturated carbocycles. The lowest BCUT2D eigenvalue weighted by Gasteiger charge is -2.20. The predicted molar refractivity (Wildman–Crippen MR) is 116 cm³/mol. The highest BCUT2D eigenvalue weighted by Crippen LogP contribution is 2.26. The summed E-state index contributed by atoms with van der Waals surface area (Å²) in [6.07, 6.45) is 1.72. The lowest BCUT2D eigenvalue weighted by molar-refractivity contribution is -0.124. The van der Waals surface area contributed by atoms with Crippen LogP contribution in [-0.2, 0) is 19.6 Å². The smallest absolute Gasteiger partial charge is 0.340 e. The summed E-state index contributed by atoms with van der Waals surface area (Å²) >= 11 is 6.07. The number of hydrogen-bond donors (Lipinski definition) is 1. The summed E-state index contributed by atoms with van der Waals surface area (Å²) in [6, 6.07) is 12.3. The topological polar surface area (TPSA) is 92.8 Å². The number of amides is 1. The SMILES string of the molecule is CCC[C@H](C)NC(=O)COC(=O)c1cc(S(=O)(=O)N(C)c2ccccc2)ccc1Cl. The Morgan fingerprint density at radius 2 is 1.83 bits per heavy atom. The fourth-order valence-electron chi connectivity index (χ4n) is 2.79. The van der Waals surface area contributed by atoms with Crippen LogP contribution in [0.1, 0.15) is 37.0 Å². The van der Waals surface area contributed by atoms with Crippen LogP contribution >= 0.6 is 11.6 Å². The maximum Gasteiger partial charge on any atom is 0.340 e. The summed E-state index contributed by atoms with van der Waals surface area (Å²) in [4.78, 5) is 24.2. The second-order valence-corrected chi connectivity index (χ2v) is 9.16. The third-order valence-corrected chi connectivity index (χ3v) is 6.51. The van der Waals surface area contributed by atoms with Crippen LogP contribution < -0.4 is 9.62 Å². The van der Waals surface area contributed by atoms with Gasteiger partial charge in [-0.3, -0.25) is 9.10 Å². The van der Waals surface area contributed by atoms with Crippen LogP contribution in [-0.4, -0.2) is 40.0 Å². The molecule has 1 amide bonds. The molecule has 30 heavy (non-hydrogen) atoms. The maximum absolute atomic E-state index is 12.9. The van der Waals surface area contributed by atoms with Gasteiger partial charge in [0, 0.05) is 13.1 Å². The molecule has 0 unspecified atom stereocenters. The van der Waals surface area contributed by atoms with E-state index in [1.807, 2.05) is 13.8 Å². The van der Waals surface area contributed by atoms with Gasteiger partial charge in [-0.15, -0.1) is 0 Å². The zero-order valence-electron chi connectivity index (χ0n) is 17.1. The van der Waals surface area contributed by atoms with E-state index in [2.05, 4.69) is 5.32 Å². The number of anilines is 1. The van der Waals surface area contributed by atoms with Gasteiger partial charge in [0.1, 0.15) is 0 Å². The van der Waals surface area contributed by atoms with Gasteiger partial charge < -0.3 is 10.1 Å². The fraction of sp³-hybridized carbons (Fsp3) is 0.333. The van der Waals surface area contributed by atoms with E-state index >= 15 is 0 Å². The standard InChI is InChI=1S/C21H25ClN2O5S/c1-4-8-15(2)23-20(25)14-29-21(26)18-13-17(11-12-19(18)22)30(27,28)24(3)16-9-6-5-7-10-16/h5-7,9-13,15H,4,8,14H2,1-3H3,(H,23,25)/t15-/m0/s1. The first-order valence-corrected chi connectivity index (χ1v) is 11.3. The summed E-state index contributed by atoms with van der Waals surface area (Å²) in [5.74, 6) is -1.31. The van der Waals surface area contributed by atoms with Crippen molar-refractivity contribution in [2.45, 2.75) is 37.6 Å². The van der Waals surface area contributed by atoms with Crippen molar-refractivity contribution < 1.29 is 22.7 Å². The van der Waals surface area contributed by atoms with Crippen molar-refractivity contribution in [2.24, 2.45) is 0 Å². The number of sulfonamides is 1. The normalized spacial score (nSPS) is 12.1. The molecular formula is C21H25ClN2O5S. The third kappa shape index (κ3) is 5.96. The van der Waals surface area contributed by atoms with E-state index in [0.29, 0.717) is 5.69 Å². The Labute approximate surface area is 182 Å². The zero-order valence-corrected chi connectivity index (χ0v) is 18.7. The van der Waals surface area contributed by atoms with Gasteiger partial charge in [0.15, 0.2) is 6.61 Å². The molecule has 162 valence electrons. The molecule has 0 aliphatic heterocycles. The molecule has 0 fully saturated rings. The van der Waals surface area contributed by atoms with Crippen LogP contribution in [0, 0.1) is 0 Å². The van der Waals surface area contributed by atoms with Crippen molar-refractivity contribution >= 4 is 39.2 Å². The second kappa shape index (κ2) is 10.4. The average molecular weight is 453 g/mol. The zero-order chi connectivity index (χ0) is 22.3. The number of benzene rings is 2. The van der Waals surface area contributed by atoms with E-state index in [9.17, 15) is 18.0 Å². The van der Waals surface area contributed by atoms with Crippen molar-refractivity contribution in [1.29, 1.82) is 0 Å². The van der Waals surface area contributed by atoms with Gasteiger partial charge in [0.05, 0.1) is 21.2 Å². The maximum atomic E-state index is 12.9. The molecule has 0 aliphatic carbocycles. The Bertz CT molecular complexity index is 996. The first-order valence-electron chi connectivity index (χ1n) is 9.46. The highest BCUT2D eigenvalue weighted by molar-refractivity contribution is 7.92. The molecule has 9 heteroatoms. The van der Waals surface area contributed by atoms with Crippen molar-refractivity contribution in [2.75, 3.05) is 18.0 Å². The number of nitrogens with one attached hydrogen (secondary N) is 1. The summed E-state index contributed by atoms with van der Waals surface area (Å²) < 4.78 is 32.0. The lowest BCUT2D eigenvalue weighted by atomic mass is 10.2. The molecule has 2 rings (SSSR count). The van der Waals surface area contributed by atoms with Gasteiger partial charge in [-0.2, -0.15) is 0 Å². The minimum absolute atomic E-state index is 0.0288. The van der Waals surface area contributed by atoms with E-state index < -0.39 is 28.5 Å². The van der Waals surface area contributed by atoms with E-state index in [4.69, 9.17) is 16.3 Å². The Kier molecular flexibility index (Phi) is 8.25. The molecule has 0 radical (unpaired) electrons. The van der Waals surface area contributed by atoms with E-state index in [1.54, 1.807) is 30.3 Å². The van der Waals surface area contributed by atoms with Gasteiger partial charge in [-0.25, -0.2) is 13.2 Å². The van der Waals surface area contributed by atoms with Crippen LogP contribution in [0.3, 0.4) is 0 Å². The minimum atomic E-state index is -3.93. The first kappa shape index (κ1) is 23.7. The summed E-state index contributed by atoms with van der Waals surface area (Å²) in [5.41, 5.74) is 0.336. The van der Waals surface area contributed by atoms with Crippen LogP contribution in [0.5, 0.6) is 0 Å². The number of carbonyl (C=O) groups is 2. The average Bonchev–Trinajstić information content (AvgIpc) is 2.72. The van der Waals surface area contributed by atoms with Crippen molar-refractivity contribution in [3.05, 3.63) is 59.1 Å². The molecule has 0 bridgehead atoms.